The Kier molecular flexibility index (Phi) is 6.87. The van der Waals surface area contributed by atoms with Gasteiger partial charge in [-0.15, -0.1) is 0 Å². The number of para-hydroxylation sites is 1. The number of hydrogen-bond donors (Lipinski definition) is 3. The summed E-state index contributed by atoms with van der Waals surface area (Å²) in [7, 11) is 1.55. The second-order valence-electron chi connectivity index (χ2n) is 12.2. The van der Waals surface area contributed by atoms with Gasteiger partial charge in [-0.05, 0) is 59.9 Å². The number of hydrogen-bond acceptors (Lipinski definition) is 8. The normalized spacial score (nSPS) is 22.6. The van der Waals surface area contributed by atoms with E-state index in [4.69, 9.17) is 18.9 Å². The molecule has 1 aromatic heterocycles. The van der Waals surface area contributed by atoms with E-state index in [2.05, 4.69) is 16.0 Å². The zero-order valence-electron chi connectivity index (χ0n) is 25.5. The molecular formula is C35H34N4O6. The Balaban J connectivity index is 1.38. The van der Waals surface area contributed by atoms with Crippen molar-refractivity contribution in [3.63, 3.8) is 0 Å². The third-order valence-corrected chi connectivity index (χ3v) is 9.00. The highest BCUT2D eigenvalue weighted by atomic mass is 16.5. The Bertz CT molecular complexity index is 1830. The molecule has 3 aromatic carbocycles. The van der Waals surface area contributed by atoms with Gasteiger partial charge in [0.2, 0.25) is 11.8 Å². The van der Waals surface area contributed by atoms with Gasteiger partial charge in [0.05, 0.1) is 13.7 Å². The molecule has 0 saturated carbocycles. The third-order valence-electron chi connectivity index (χ3n) is 9.00. The Morgan fingerprint density at radius 2 is 1.84 bits per heavy atom. The molecule has 3 N–H and O–H groups in total. The summed E-state index contributed by atoms with van der Waals surface area (Å²) < 4.78 is 18.4. The Morgan fingerprint density at radius 1 is 1.07 bits per heavy atom. The summed E-state index contributed by atoms with van der Waals surface area (Å²) in [5, 5.41) is 9.39. The van der Waals surface area contributed by atoms with Crippen molar-refractivity contribution in [2.24, 2.45) is 11.8 Å². The van der Waals surface area contributed by atoms with Gasteiger partial charge < -0.3 is 29.8 Å². The van der Waals surface area contributed by atoms with Crippen molar-refractivity contribution >= 4 is 23.3 Å². The maximum atomic E-state index is 14.1. The summed E-state index contributed by atoms with van der Waals surface area (Å²) >= 11 is 0. The van der Waals surface area contributed by atoms with Gasteiger partial charge in [0.1, 0.15) is 23.0 Å². The van der Waals surface area contributed by atoms with E-state index in [0.29, 0.717) is 29.2 Å². The first-order chi connectivity index (χ1) is 21.7. The lowest BCUT2D eigenvalue weighted by atomic mass is 9.72. The number of anilines is 1. The summed E-state index contributed by atoms with van der Waals surface area (Å²) in [5.74, 6) is 0.386. The van der Waals surface area contributed by atoms with Crippen LogP contribution in [0, 0.1) is 11.8 Å². The average Bonchev–Trinajstić information content (AvgIpc) is 3.71. The van der Waals surface area contributed by atoms with E-state index in [9.17, 15) is 14.4 Å². The van der Waals surface area contributed by atoms with Crippen LogP contribution in [0.3, 0.4) is 0 Å². The second-order valence-corrected chi connectivity index (χ2v) is 12.2. The Hall–Kier alpha value is -5.12. The molecule has 4 atom stereocenters. The second kappa shape index (κ2) is 10.8. The highest BCUT2D eigenvalue weighted by Gasteiger charge is 2.61. The molecule has 4 heterocycles. The molecule has 2 amide bonds. The highest BCUT2D eigenvalue weighted by molar-refractivity contribution is 6.02. The summed E-state index contributed by atoms with van der Waals surface area (Å²) in [6.07, 6.45) is -0.103. The number of ketones is 1. The van der Waals surface area contributed by atoms with Crippen molar-refractivity contribution in [2.45, 2.75) is 44.9 Å². The summed E-state index contributed by atoms with van der Waals surface area (Å²) in [4.78, 5) is 45.3. The van der Waals surface area contributed by atoms with Crippen molar-refractivity contribution in [2.75, 3.05) is 19.0 Å². The monoisotopic (exact) mass is 606 g/mol. The maximum absolute atomic E-state index is 14.1. The predicted molar refractivity (Wildman–Crippen MR) is 166 cm³/mol. The lowest BCUT2D eigenvalue weighted by Crippen LogP contribution is -2.41. The molecule has 0 radical (unpaired) electrons. The van der Waals surface area contributed by atoms with E-state index >= 15 is 0 Å². The van der Waals surface area contributed by atoms with Crippen LogP contribution in [0.1, 0.15) is 76.0 Å². The number of carbonyl (C=O) groups is 3. The molecule has 4 bridgehead atoms. The molecule has 3 aliphatic heterocycles. The molecule has 7 rings (SSSR count). The predicted octanol–water partition coefficient (Wildman–Crippen LogP) is 4.78. The van der Waals surface area contributed by atoms with Crippen LogP contribution in [-0.4, -0.2) is 42.5 Å². The number of aromatic nitrogens is 1. The molecule has 3 aliphatic rings. The zero-order chi connectivity index (χ0) is 31.5. The molecule has 10 heteroatoms. The van der Waals surface area contributed by atoms with E-state index < -0.39 is 23.6 Å². The fourth-order valence-corrected chi connectivity index (χ4v) is 6.62. The number of rotatable bonds is 6. The number of benzene rings is 3. The molecule has 0 aliphatic carbocycles. The first-order valence-electron chi connectivity index (χ1n) is 15.1. The zero-order valence-corrected chi connectivity index (χ0v) is 25.5. The fourth-order valence-electron chi connectivity index (χ4n) is 6.62. The number of oxazole rings is 1. The van der Waals surface area contributed by atoms with Gasteiger partial charge in [0, 0.05) is 22.7 Å². The highest BCUT2D eigenvalue weighted by Crippen LogP contribution is 2.58. The molecule has 4 aromatic rings. The van der Waals surface area contributed by atoms with Gasteiger partial charge in [-0.2, -0.15) is 0 Å². The van der Waals surface area contributed by atoms with Gasteiger partial charge in [0.25, 0.3) is 5.91 Å². The van der Waals surface area contributed by atoms with Crippen molar-refractivity contribution < 1.29 is 28.3 Å². The Labute approximate surface area is 260 Å². The number of methoxy groups -OCH3 is 1. The SMILES string of the molecule is COc1ccc(C(=O)CNC(=O)c2nc3oc2C24c5ccccc5N[C@H]2Oc2ccc(cc24)C[C@H](C)C(=O)N[C@H]3C(C)C)cc1. The maximum Gasteiger partial charge on any atom is 0.273 e. The number of carbonyl (C=O) groups excluding carboxylic acids is 3. The lowest BCUT2D eigenvalue weighted by Gasteiger charge is -2.28. The van der Waals surface area contributed by atoms with Crippen LogP contribution in [0.4, 0.5) is 5.69 Å². The van der Waals surface area contributed by atoms with Gasteiger partial charge in [-0.25, -0.2) is 4.98 Å². The number of Topliss-reactive ketones (excluding diaryl/α,β-unsaturated/α-hetero) is 1. The molecule has 10 nitrogen and oxygen atoms in total. The van der Waals surface area contributed by atoms with Crippen molar-refractivity contribution in [1.82, 2.24) is 15.6 Å². The van der Waals surface area contributed by atoms with Gasteiger partial charge in [0.15, 0.2) is 23.5 Å². The molecule has 230 valence electrons. The number of ether oxygens (including phenoxy) is 2. The minimum absolute atomic E-state index is 0.0325. The van der Waals surface area contributed by atoms with Crippen LogP contribution >= 0.6 is 0 Å². The van der Waals surface area contributed by atoms with E-state index in [1.165, 1.54) is 0 Å². The van der Waals surface area contributed by atoms with E-state index in [0.717, 1.165) is 22.4 Å². The van der Waals surface area contributed by atoms with Crippen LogP contribution < -0.4 is 25.4 Å². The summed E-state index contributed by atoms with van der Waals surface area (Å²) in [6, 6.07) is 19.9. The molecule has 45 heavy (non-hydrogen) atoms. The fraction of sp³-hybridized carbons (Fsp3) is 0.314. The molecule has 1 spiro atoms. The molecular weight excluding hydrogens is 572 g/mol. The molecule has 0 fully saturated rings. The van der Waals surface area contributed by atoms with Crippen LogP contribution in [0.15, 0.2) is 71.1 Å². The van der Waals surface area contributed by atoms with Crippen LogP contribution in [0.25, 0.3) is 0 Å². The van der Waals surface area contributed by atoms with Crippen molar-refractivity contribution in [3.8, 4) is 11.5 Å². The van der Waals surface area contributed by atoms with Crippen LogP contribution in [0.2, 0.25) is 0 Å². The number of amides is 2. The standard InChI is InChI=1S/C35H34N4O6/c1-18(2)28-33-39-29(32(42)36-17-26(40)21-10-12-22(43-4)13-11-21)30(45-33)35-23-7-5-6-8-25(23)37-34(35)44-27-14-9-20(16-24(27)35)15-19(3)31(41)38-28/h5-14,16,18-19,28,34,37H,15,17H2,1-4H3,(H,36,42)(H,38,41)/t19-,28-,34-,35?/m0/s1. The van der Waals surface area contributed by atoms with Crippen LogP contribution in [0.5, 0.6) is 11.5 Å². The lowest BCUT2D eigenvalue weighted by molar-refractivity contribution is -0.125. The van der Waals surface area contributed by atoms with E-state index in [-0.39, 0.29) is 41.7 Å². The van der Waals surface area contributed by atoms with E-state index in [1.54, 1.807) is 31.4 Å². The quantitative estimate of drug-likeness (QED) is 0.267. The first kappa shape index (κ1) is 28.6. The smallest absolute Gasteiger partial charge is 0.273 e. The number of nitrogens with one attached hydrogen (secondary N) is 3. The number of fused-ring (bicyclic) bond motifs is 4. The van der Waals surface area contributed by atoms with Gasteiger partial charge >= 0.3 is 0 Å². The summed E-state index contributed by atoms with van der Waals surface area (Å²) in [5.41, 5.74) is 2.92. The Morgan fingerprint density at radius 3 is 2.60 bits per heavy atom. The minimum atomic E-state index is -1.06. The van der Waals surface area contributed by atoms with Crippen molar-refractivity contribution in [3.05, 3.63) is 106 Å². The largest absolute Gasteiger partial charge is 0.497 e. The van der Waals surface area contributed by atoms with Gasteiger partial charge in [-0.1, -0.05) is 51.1 Å². The van der Waals surface area contributed by atoms with Gasteiger partial charge in [-0.3, -0.25) is 14.4 Å². The molecule has 0 saturated heterocycles. The first-order valence-corrected chi connectivity index (χ1v) is 15.1. The molecule has 1 unspecified atom stereocenters. The number of nitrogens with zero attached hydrogens (tertiary/aromatic N) is 1. The van der Waals surface area contributed by atoms with Crippen LogP contribution in [-0.2, 0) is 16.6 Å². The third kappa shape index (κ3) is 4.54. The van der Waals surface area contributed by atoms with E-state index in [1.807, 2.05) is 63.2 Å². The van der Waals surface area contributed by atoms with Crippen molar-refractivity contribution in [1.29, 1.82) is 0 Å². The minimum Gasteiger partial charge on any atom is -0.497 e. The topological polar surface area (TPSA) is 132 Å². The average molecular weight is 607 g/mol. The summed E-state index contributed by atoms with van der Waals surface area (Å²) in [6.45, 7) is 5.57.